The largest absolute Gasteiger partial charge is 0.396 e. The molecule has 1 aliphatic carbocycles. The maximum atomic E-state index is 11.8. The summed E-state index contributed by atoms with van der Waals surface area (Å²) < 4.78 is 0. The summed E-state index contributed by atoms with van der Waals surface area (Å²) >= 11 is 0. The van der Waals surface area contributed by atoms with Crippen LogP contribution in [0.3, 0.4) is 0 Å². The molecule has 1 aromatic carbocycles. The molecular weight excluding hydrogens is 244 g/mol. The molecule has 3 N–H and O–H groups in total. The van der Waals surface area contributed by atoms with Gasteiger partial charge >= 0.3 is 11.8 Å². The van der Waals surface area contributed by atoms with Crippen molar-refractivity contribution in [2.75, 3.05) is 11.9 Å². The van der Waals surface area contributed by atoms with Gasteiger partial charge in [-0.05, 0) is 37.3 Å². The number of carbonyl (C=O) groups is 2. The summed E-state index contributed by atoms with van der Waals surface area (Å²) in [5.74, 6) is -0.912. The molecule has 0 radical (unpaired) electrons. The fourth-order valence-electron chi connectivity index (χ4n) is 2.01. The third kappa shape index (κ3) is 4.06. The van der Waals surface area contributed by atoms with Crippen LogP contribution in [0.5, 0.6) is 0 Å². The number of aliphatic hydroxyl groups excluding tert-OH is 1. The standard InChI is InChI=1S/C14H18N2O3/c17-9-8-12(10-6-7-10)16-14(19)13(18)15-11-4-2-1-3-5-11/h1-5,10,12,17H,6-9H2,(H,15,18)(H,16,19). The SMILES string of the molecule is O=C(Nc1ccccc1)C(=O)NC(CCO)C1CC1. The van der Waals surface area contributed by atoms with Crippen molar-refractivity contribution >= 4 is 17.5 Å². The van der Waals surface area contributed by atoms with Crippen LogP contribution in [0, 0.1) is 5.92 Å². The zero-order valence-corrected chi connectivity index (χ0v) is 10.6. The number of hydrogen-bond acceptors (Lipinski definition) is 3. The summed E-state index contributed by atoms with van der Waals surface area (Å²) in [5, 5.41) is 14.2. The van der Waals surface area contributed by atoms with Crippen LogP contribution in [0.25, 0.3) is 0 Å². The number of aliphatic hydroxyl groups is 1. The molecule has 0 bridgehead atoms. The van der Waals surface area contributed by atoms with E-state index in [1.807, 2.05) is 6.07 Å². The lowest BCUT2D eigenvalue weighted by Crippen LogP contribution is -2.43. The van der Waals surface area contributed by atoms with E-state index in [4.69, 9.17) is 5.11 Å². The van der Waals surface area contributed by atoms with E-state index >= 15 is 0 Å². The fourth-order valence-corrected chi connectivity index (χ4v) is 2.01. The molecule has 1 aromatic rings. The van der Waals surface area contributed by atoms with Crippen LogP contribution in [-0.2, 0) is 9.59 Å². The second-order valence-corrected chi connectivity index (χ2v) is 4.75. The normalized spacial score (nSPS) is 15.6. The first-order valence-corrected chi connectivity index (χ1v) is 6.48. The zero-order valence-electron chi connectivity index (χ0n) is 10.6. The Morgan fingerprint density at radius 2 is 1.89 bits per heavy atom. The summed E-state index contributed by atoms with van der Waals surface area (Å²) in [5.41, 5.74) is 0.591. The third-order valence-electron chi connectivity index (χ3n) is 3.19. The van der Waals surface area contributed by atoms with Gasteiger partial charge in [-0.15, -0.1) is 0 Å². The van der Waals surface area contributed by atoms with E-state index in [1.165, 1.54) is 0 Å². The summed E-state index contributed by atoms with van der Waals surface area (Å²) in [6.07, 6.45) is 2.59. The third-order valence-corrected chi connectivity index (χ3v) is 3.19. The van der Waals surface area contributed by atoms with Crippen molar-refractivity contribution in [1.82, 2.24) is 5.32 Å². The molecule has 5 nitrogen and oxygen atoms in total. The average molecular weight is 262 g/mol. The maximum Gasteiger partial charge on any atom is 0.313 e. The first kappa shape index (κ1) is 13.5. The van der Waals surface area contributed by atoms with Crippen LogP contribution in [-0.4, -0.2) is 29.6 Å². The Bertz CT molecular complexity index is 443. The Labute approximate surface area is 112 Å². The van der Waals surface area contributed by atoms with Gasteiger partial charge in [0.25, 0.3) is 0 Å². The predicted octanol–water partition coefficient (Wildman–Crippen LogP) is 0.902. The molecule has 0 aromatic heterocycles. The van der Waals surface area contributed by atoms with Gasteiger partial charge in [0.1, 0.15) is 0 Å². The molecule has 1 saturated carbocycles. The van der Waals surface area contributed by atoms with Gasteiger partial charge < -0.3 is 15.7 Å². The molecule has 0 aliphatic heterocycles. The number of rotatable bonds is 5. The number of benzene rings is 1. The molecule has 1 unspecified atom stereocenters. The number of amides is 2. The van der Waals surface area contributed by atoms with Crippen molar-refractivity contribution < 1.29 is 14.7 Å². The van der Waals surface area contributed by atoms with Gasteiger partial charge in [0, 0.05) is 18.3 Å². The monoisotopic (exact) mass is 262 g/mol. The first-order chi connectivity index (χ1) is 9.20. The number of anilines is 1. The summed E-state index contributed by atoms with van der Waals surface area (Å²) in [6.45, 7) is 0.0156. The quantitative estimate of drug-likeness (QED) is 0.690. The predicted molar refractivity (Wildman–Crippen MR) is 71.4 cm³/mol. The van der Waals surface area contributed by atoms with Gasteiger partial charge in [0.2, 0.25) is 0 Å². The van der Waals surface area contributed by atoms with Gasteiger partial charge in [-0.1, -0.05) is 18.2 Å². The fraction of sp³-hybridized carbons (Fsp3) is 0.429. The lowest BCUT2D eigenvalue weighted by atomic mass is 10.1. The Hall–Kier alpha value is -1.88. The molecule has 1 aliphatic rings. The highest BCUT2D eigenvalue weighted by atomic mass is 16.3. The molecule has 0 heterocycles. The average Bonchev–Trinajstić information content (AvgIpc) is 3.23. The summed E-state index contributed by atoms with van der Waals surface area (Å²) in [6, 6.07) is 8.74. The molecule has 102 valence electrons. The Kier molecular flexibility index (Phi) is 4.52. The molecule has 1 fully saturated rings. The zero-order chi connectivity index (χ0) is 13.7. The second-order valence-electron chi connectivity index (χ2n) is 4.75. The molecular formula is C14H18N2O3. The smallest absolute Gasteiger partial charge is 0.313 e. The van der Waals surface area contributed by atoms with Crippen LogP contribution < -0.4 is 10.6 Å². The Morgan fingerprint density at radius 1 is 1.21 bits per heavy atom. The van der Waals surface area contributed by atoms with Gasteiger partial charge in [0.05, 0.1) is 0 Å². The highest BCUT2D eigenvalue weighted by molar-refractivity contribution is 6.39. The van der Waals surface area contributed by atoms with E-state index in [9.17, 15) is 9.59 Å². The van der Waals surface area contributed by atoms with Crippen molar-refractivity contribution in [3.8, 4) is 0 Å². The number of carbonyl (C=O) groups excluding carboxylic acids is 2. The molecule has 0 saturated heterocycles. The topological polar surface area (TPSA) is 78.4 Å². The molecule has 1 atom stereocenters. The molecule has 2 rings (SSSR count). The Balaban J connectivity index is 1.86. The number of para-hydroxylation sites is 1. The van der Waals surface area contributed by atoms with E-state index in [2.05, 4.69) is 10.6 Å². The van der Waals surface area contributed by atoms with E-state index in [1.54, 1.807) is 24.3 Å². The molecule has 19 heavy (non-hydrogen) atoms. The van der Waals surface area contributed by atoms with E-state index in [0.29, 0.717) is 18.0 Å². The molecule has 0 spiro atoms. The van der Waals surface area contributed by atoms with E-state index < -0.39 is 11.8 Å². The molecule has 2 amide bonds. The molecule has 5 heteroatoms. The highest BCUT2D eigenvalue weighted by Gasteiger charge is 2.32. The van der Waals surface area contributed by atoms with Crippen LogP contribution in [0.2, 0.25) is 0 Å². The van der Waals surface area contributed by atoms with Crippen molar-refractivity contribution in [2.24, 2.45) is 5.92 Å². The minimum absolute atomic E-state index is 0.0156. The first-order valence-electron chi connectivity index (χ1n) is 6.48. The van der Waals surface area contributed by atoms with E-state index in [-0.39, 0.29) is 12.6 Å². The highest BCUT2D eigenvalue weighted by Crippen LogP contribution is 2.33. The van der Waals surface area contributed by atoms with Crippen LogP contribution in [0.4, 0.5) is 5.69 Å². The number of nitrogens with one attached hydrogen (secondary N) is 2. The van der Waals surface area contributed by atoms with Crippen LogP contribution in [0.1, 0.15) is 19.3 Å². The van der Waals surface area contributed by atoms with Crippen molar-refractivity contribution in [2.45, 2.75) is 25.3 Å². The minimum atomic E-state index is -0.671. The van der Waals surface area contributed by atoms with E-state index in [0.717, 1.165) is 12.8 Å². The summed E-state index contributed by atoms with van der Waals surface area (Å²) in [4.78, 5) is 23.5. The van der Waals surface area contributed by atoms with Crippen molar-refractivity contribution in [1.29, 1.82) is 0 Å². The van der Waals surface area contributed by atoms with Gasteiger partial charge in [-0.3, -0.25) is 9.59 Å². The van der Waals surface area contributed by atoms with Crippen LogP contribution in [0.15, 0.2) is 30.3 Å². The van der Waals surface area contributed by atoms with Crippen LogP contribution >= 0.6 is 0 Å². The lowest BCUT2D eigenvalue weighted by Gasteiger charge is -2.16. The van der Waals surface area contributed by atoms with Gasteiger partial charge in [-0.2, -0.15) is 0 Å². The van der Waals surface area contributed by atoms with Gasteiger partial charge in [-0.25, -0.2) is 0 Å². The van der Waals surface area contributed by atoms with Gasteiger partial charge in [0.15, 0.2) is 0 Å². The Morgan fingerprint density at radius 3 is 2.47 bits per heavy atom. The van der Waals surface area contributed by atoms with Crippen molar-refractivity contribution in [3.05, 3.63) is 30.3 Å². The number of hydrogen-bond donors (Lipinski definition) is 3. The van der Waals surface area contributed by atoms with Crippen molar-refractivity contribution in [3.63, 3.8) is 0 Å². The maximum absolute atomic E-state index is 11.8. The minimum Gasteiger partial charge on any atom is -0.396 e. The lowest BCUT2D eigenvalue weighted by molar-refractivity contribution is -0.136. The second kappa shape index (κ2) is 6.33. The summed E-state index contributed by atoms with van der Waals surface area (Å²) in [7, 11) is 0.